The van der Waals surface area contributed by atoms with Gasteiger partial charge in [0.05, 0.1) is 39.9 Å². The van der Waals surface area contributed by atoms with Crippen LogP contribution in [-0.2, 0) is 18.4 Å². The average Bonchev–Trinajstić information content (AvgIpc) is 3.12. The van der Waals surface area contributed by atoms with Crippen LogP contribution in [0.2, 0.25) is 0 Å². The number of amides is 1. The van der Waals surface area contributed by atoms with Gasteiger partial charge in [-0.1, -0.05) is 187 Å². The van der Waals surface area contributed by atoms with Gasteiger partial charge in [0.25, 0.3) is 0 Å². The molecule has 1 amide bonds. The van der Waals surface area contributed by atoms with Crippen molar-refractivity contribution in [3.8, 4) is 0 Å². The van der Waals surface area contributed by atoms with Gasteiger partial charge in [0.1, 0.15) is 13.2 Å². The van der Waals surface area contributed by atoms with Crippen molar-refractivity contribution in [3.05, 3.63) is 12.2 Å². The van der Waals surface area contributed by atoms with E-state index in [0.29, 0.717) is 23.9 Å². The van der Waals surface area contributed by atoms with Crippen LogP contribution < -0.4 is 5.32 Å². The van der Waals surface area contributed by atoms with E-state index < -0.39 is 20.0 Å². The Morgan fingerprint density at radius 3 is 1.43 bits per heavy atom. The Labute approximate surface area is 335 Å². The lowest BCUT2D eigenvalue weighted by Crippen LogP contribution is -2.46. The van der Waals surface area contributed by atoms with Crippen LogP contribution in [0.4, 0.5) is 0 Å². The molecule has 0 aromatic rings. The first-order chi connectivity index (χ1) is 26.0. The Balaban J connectivity index is 4.30. The lowest BCUT2D eigenvalue weighted by Gasteiger charge is -2.26. The normalized spacial score (nSPS) is 14.4. The van der Waals surface area contributed by atoms with Crippen molar-refractivity contribution in [2.24, 2.45) is 0 Å². The molecule has 322 valence electrons. The number of nitrogens with zero attached hydrogens (tertiary/aromatic N) is 1. The number of aliphatic hydroxyl groups excluding tert-OH is 1. The molecule has 3 unspecified atom stereocenters. The largest absolute Gasteiger partial charge is 0.472 e. The van der Waals surface area contributed by atoms with Crippen LogP contribution in [0.1, 0.15) is 219 Å². The maximum atomic E-state index is 12.9. The molecule has 3 N–H and O–H groups in total. The number of carbonyl (C=O) groups is 1. The molecule has 0 saturated heterocycles. The number of allylic oxidation sites excluding steroid dienone is 2. The van der Waals surface area contributed by atoms with E-state index in [1.165, 1.54) is 154 Å². The van der Waals surface area contributed by atoms with Crippen LogP contribution in [0.3, 0.4) is 0 Å². The van der Waals surface area contributed by atoms with Crippen LogP contribution in [0.15, 0.2) is 12.2 Å². The van der Waals surface area contributed by atoms with E-state index in [2.05, 4.69) is 31.3 Å². The summed E-state index contributed by atoms with van der Waals surface area (Å²) in [4.78, 5) is 23.1. The molecule has 0 aliphatic heterocycles. The number of quaternary nitrogens is 1. The zero-order valence-electron chi connectivity index (χ0n) is 36.5. The first kappa shape index (κ1) is 53.2. The molecule has 0 radical (unpaired) electrons. The molecule has 0 aromatic heterocycles. The Kier molecular flexibility index (Phi) is 37.3. The Bertz CT molecular complexity index is 896. The molecule has 0 spiro atoms. The number of rotatable bonds is 42. The minimum absolute atomic E-state index is 0.0762. The zero-order valence-corrected chi connectivity index (χ0v) is 37.4. The topological polar surface area (TPSA) is 105 Å². The van der Waals surface area contributed by atoms with Crippen molar-refractivity contribution >= 4 is 13.7 Å². The third kappa shape index (κ3) is 39.5. The second-order valence-corrected chi connectivity index (χ2v) is 18.6. The van der Waals surface area contributed by atoms with E-state index in [4.69, 9.17) is 9.05 Å². The second kappa shape index (κ2) is 37.8. The summed E-state index contributed by atoms with van der Waals surface area (Å²) >= 11 is 0. The van der Waals surface area contributed by atoms with E-state index >= 15 is 0 Å². The Morgan fingerprint density at radius 2 is 1.00 bits per heavy atom. The fourth-order valence-electron chi connectivity index (χ4n) is 6.81. The van der Waals surface area contributed by atoms with E-state index in [-0.39, 0.29) is 19.1 Å². The van der Waals surface area contributed by atoms with Crippen molar-refractivity contribution in [2.75, 3.05) is 40.9 Å². The number of unbranched alkanes of at least 4 members (excludes halogenated alkanes) is 27. The van der Waals surface area contributed by atoms with E-state index in [9.17, 15) is 19.4 Å². The Morgan fingerprint density at radius 1 is 0.611 bits per heavy atom. The summed E-state index contributed by atoms with van der Waals surface area (Å²) in [7, 11) is 1.62. The van der Waals surface area contributed by atoms with Gasteiger partial charge in [0.15, 0.2) is 0 Å². The summed E-state index contributed by atoms with van der Waals surface area (Å²) in [6.07, 6.45) is 42.3. The van der Waals surface area contributed by atoms with Gasteiger partial charge >= 0.3 is 7.82 Å². The summed E-state index contributed by atoms with van der Waals surface area (Å²) in [5.74, 6) is -0.146. The number of nitrogens with one attached hydrogen (secondary N) is 1. The standard InChI is InChI=1S/C45H91N2O6P/c1-6-8-10-12-14-16-18-20-21-22-23-24-25-27-29-31-33-35-37-39-45(49)46-43(42-53-54(50,51)52-41-40-47(3,4)5)44(48)38-36-34-32-30-28-26-19-17-15-13-11-9-7-2/h20-21,43-44,48H,6-19,22-42H2,1-5H3,(H-,46,49,50,51)/p+1/b21-20-. The summed E-state index contributed by atoms with van der Waals surface area (Å²) in [6, 6.07) is -0.756. The van der Waals surface area contributed by atoms with Gasteiger partial charge in [0.2, 0.25) is 5.91 Å². The Hall–Kier alpha value is -0.760. The number of likely N-dealkylation sites (N-methyl/N-ethyl adjacent to an activating group) is 1. The summed E-state index contributed by atoms with van der Waals surface area (Å²) in [5.41, 5.74) is 0. The highest BCUT2D eigenvalue weighted by molar-refractivity contribution is 7.47. The second-order valence-electron chi connectivity index (χ2n) is 17.1. The van der Waals surface area contributed by atoms with Gasteiger partial charge in [0, 0.05) is 6.42 Å². The number of carbonyl (C=O) groups excluding carboxylic acids is 1. The van der Waals surface area contributed by atoms with Gasteiger partial charge in [-0.3, -0.25) is 13.8 Å². The van der Waals surface area contributed by atoms with Crippen molar-refractivity contribution in [1.82, 2.24) is 5.32 Å². The first-order valence-electron chi connectivity index (χ1n) is 23.1. The van der Waals surface area contributed by atoms with Crippen LogP contribution in [0, 0.1) is 0 Å². The summed E-state index contributed by atoms with van der Waals surface area (Å²) in [5, 5.41) is 14.0. The van der Waals surface area contributed by atoms with Gasteiger partial charge in [-0.25, -0.2) is 4.57 Å². The molecule has 0 bridgehead atoms. The SMILES string of the molecule is CCCCCCCC/C=C\CCCCCCCCCCCC(=O)NC(COP(=O)(O)OCC[N+](C)(C)C)C(O)CCCCCCCCCCCCCCC. The molecule has 0 aliphatic carbocycles. The maximum Gasteiger partial charge on any atom is 0.472 e. The molecule has 0 aliphatic rings. The summed E-state index contributed by atoms with van der Waals surface area (Å²) < 4.78 is 23.6. The van der Waals surface area contributed by atoms with Crippen LogP contribution in [0.25, 0.3) is 0 Å². The molecular formula is C45H92N2O6P+. The zero-order chi connectivity index (χ0) is 40.0. The smallest absolute Gasteiger partial charge is 0.391 e. The molecular weight excluding hydrogens is 695 g/mol. The third-order valence-electron chi connectivity index (χ3n) is 10.5. The molecule has 0 heterocycles. The van der Waals surface area contributed by atoms with Crippen molar-refractivity contribution in [3.63, 3.8) is 0 Å². The number of phosphoric acid groups is 1. The highest BCUT2D eigenvalue weighted by Gasteiger charge is 2.28. The van der Waals surface area contributed by atoms with E-state index in [1.807, 2.05) is 21.1 Å². The van der Waals surface area contributed by atoms with Crippen LogP contribution >= 0.6 is 7.82 Å². The third-order valence-corrected chi connectivity index (χ3v) is 11.5. The van der Waals surface area contributed by atoms with Crippen molar-refractivity contribution in [2.45, 2.75) is 231 Å². The fraction of sp³-hybridized carbons (Fsp3) is 0.933. The number of phosphoric ester groups is 1. The highest BCUT2D eigenvalue weighted by atomic mass is 31.2. The van der Waals surface area contributed by atoms with Gasteiger partial charge in [-0.2, -0.15) is 0 Å². The molecule has 9 heteroatoms. The molecule has 8 nitrogen and oxygen atoms in total. The molecule has 0 fully saturated rings. The predicted octanol–water partition coefficient (Wildman–Crippen LogP) is 12.8. The molecule has 3 atom stereocenters. The molecule has 0 aromatic carbocycles. The number of aliphatic hydroxyl groups is 1. The van der Waals surface area contributed by atoms with Crippen LogP contribution in [0.5, 0.6) is 0 Å². The quantitative estimate of drug-likeness (QED) is 0.0246. The van der Waals surface area contributed by atoms with Gasteiger partial charge < -0.3 is 19.8 Å². The molecule has 54 heavy (non-hydrogen) atoms. The molecule has 0 rings (SSSR count). The average molecular weight is 788 g/mol. The van der Waals surface area contributed by atoms with E-state index in [1.54, 1.807) is 0 Å². The lowest BCUT2D eigenvalue weighted by atomic mass is 10.0. The predicted molar refractivity (Wildman–Crippen MR) is 231 cm³/mol. The van der Waals surface area contributed by atoms with Gasteiger partial charge in [-0.15, -0.1) is 0 Å². The minimum Gasteiger partial charge on any atom is -0.391 e. The van der Waals surface area contributed by atoms with Crippen molar-refractivity contribution < 1.29 is 32.9 Å². The first-order valence-corrected chi connectivity index (χ1v) is 24.5. The van der Waals surface area contributed by atoms with Crippen LogP contribution in [-0.4, -0.2) is 73.4 Å². The summed E-state index contributed by atoms with van der Waals surface area (Å²) in [6.45, 7) is 4.89. The lowest BCUT2D eigenvalue weighted by molar-refractivity contribution is -0.870. The van der Waals surface area contributed by atoms with E-state index in [0.717, 1.165) is 38.5 Å². The van der Waals surface area contributed by atoms with Crippen molar-refractivity contribution in [1.29, 1.82) is 0 Å². The number of hydrogen-bond acceptors (Lipinski definition) is 5. The minimum atomic E-state index is -4.31. The monoisotopic (exact) mass is 788 g/mol. The highest BCUT2D eigenvalue weighted by Crippen LogP contribution is 2.43. The number of hydrogen-bond donors (Lipinski definition) is 3. The van der Waals surface area contributed by atoms with Gasteiger partial charge in [-0.05, 0) is 38.5 Å². The fourth-order valence-corrected chi connectivity index (χ4v) is 7.54. The maximum absolute atomic E-state index is 12.9. The molecule has 0 saturated carbocycles.